The molecule has 2 aromatic carbocycles. The number of carbonyl (C=O) groups excluding carboxylic acids is 2. The van der Waals surface area contributed by atoms with E-state index >= 15 is 0 Å². The van der Waals surface area contributed by atoms with Crippen molar-refractivity contribution in [1.82, 2.24) is 5.32 Å². The molecule has 0 saturated heterocycles. The Morgan fingerprint density at radius 2 is 1.67 bits per heavy atom. The second-order valence-corrected chi connectivity index (χ2v) is 5.77. The number of hydrogen-bond acceptors (Lipinski definition) is 3. The first kappa shape index (κ1) is 17.7. The summed E-state index contributed by atoms with van der Waals surface area (Å²) in [4.78, 5) is 24.5. The Morgan fingerprint density at radius 3 is 2.29 bits per heavy atom. The first-order valence-electron chi connectivity index (χ1n) is 7.75. The molecule has 0 aromatic heterocycles. The Hall–Kier alpha value is -2.69. The van der Waals surface area contributed by atoms with Gasteiger partial charge in [0.1, 0.15) is 18.5 Å². The summed E-state index contributed by atoms with van der Waals surface area (Å²) in [6, 6.07) is 14.1. The molecule has 0 aliphatic carbocycles. The first-order chi connectivity index (χ1) is 11.5. The topological polar surface area (TPSA) is 55.4 Å². The van der Waals surface area contributed by atoms with Gasteiger partial charge in [-0.25, -0.2) is 9.18 Å². The van der Waals surface area contributed by atoms with Crippen LogP contribution in [0.15, 0.2) is 54.6 Å². The Kier molecular flexibility index (Phi) is 6.07. The van der Waals surface area contributed by atoms with Crippen LogP contribution in [-0.2, 0) is 16.1 Å². The van der Waals surface area contributed by atoms with E-state index in [0.29, 0.717) is 0 Å². The fourth-order valence-corrected chi connectivity index (χ4v) is 2.18. The summed E-state index contributed by atoms with van der Waals surface area (Å²) < 4.78 is 19.0. The summed E-state index contributed by atoms with van der Waals surface area (Å²) in [5, 5.41) is 2.56. The molecule has 0 saturated carbocycles. The van der Waals surface area contributed by atoms with Gasteiger partial charge in [-0.05, 0) is 23.6 Å². The van der Waals surface area contributed by atoms with Gasteiger partial charge in [0.25, 0.3) is 5.91 Å². The number of amides is 1. The minimum absolute atomic E-state index is 0.0981. The van der Waals surface area contributed by atoms with E-state index in [1.165, 1.54) is 18.2 Å². The zero-order valence-electron chi connectivity index (χ0n) is 13.7. The summed E-state index contributed by atoms with van der Waals surface area (Å²) in [6.45, 7) is 3.70. The van der Waals surface area contributed by atoms with Crippen molar-refractivity contribution in [3.05, 3.63) is 71.5 Å². The van der Waals surface area contributed by atoms with E-state index in [1.54, 1.807) is 19.9 Å². The molecule has 0 heterocycles. The summed E-state index contributed by atoms with van der Waals surface area (Å²) in [7, 11) is 0. The van der Waals surface area contributed by atoms with Crippen LogP contribution >= 0.6 is 0 Å². The highest BCUT2D eigenvalue weighted by atomic mass is 19.1. The number of hydrogen-bond donors (Lipinski definition) is 1. The normalized spacial score (nSPS) is 11.8. The zero-order valence-corrected chi connectivity index (χ0v) is 13.7. The number of ether oxygens (including phenoxy) is 1. The molecule has 1 N–H and O–H groups in total. The van der Waals surface area contributed by atoms with Crippen molar-refractivity contribution in [3.63, 3.8) is 0 Å². The molecule has 1 amide bonds. The van der Waals surface area contributed by atoms with Crippen molar-refractivity contribution in [2.75, 3.05) is 0 Å². The number of esters is 1. The fraction of sp³-hybridized carbons (Fsp3) is 0.263. The van der Waals surface area contributed by atoms with Crippen molar-refractivity contribution < 1.29 is 18.7 Å². The lowest BCUT2D eigenvalue weighted by Crippen LogP contribution is -2.45. The molecule has 0 bridgehead atoms. The molecule has 0 radical (unpaired) electrons. The molecule has 2 rings (SSSR count). The standard InChI is InChI=1S/C19H20FNO3/c1-13(2)17(19(23)24-12-14-8-4-3-5-9-14)21-18(22)15-10-6-7-11-16(15)20/h3-11,13,17H,12H2,1-2H3,(H,21,22)/t17-/m0/s1. The van der Waals surface area contributed by atoms with E-state index < -0.39 is 23.7 Å². The average Bonchev–Trinajstić information content (AvgIpc) is 2.58. The minimum Gasteiger partial charge on any atom is -0.459 e. The Balaban J connectivity index is 2.02. The summed E-state index contributed by atoms with van der Waals surface area (Å²) >= 11 is 0. The fourth-order valence-electron chi connectivity index (χ4n) is 2.18. The van der Waals surface area contributed by atoms with E-state index in [-0.39, 0.29) is 18.1 Å². The van der Waals surface area contributed by atoms with Gasteiger partial charge < -0.3 is 10.1 Å². The molecule has 0 fully saturated rings. The minimum atomic E-state index is -0.846. The predicted octanol–water partition coefficient (Wildman–Crippen LogP) is 3.32. The summed E-state index contributed by atoms with van der Waals surface area (Å²) in [5.74, 6) is -2.00. The van der Waals surface area contributed by atoms with E-state index in [4.69, 9.17) is 4.74 Å². The SMILES string of the molecule is CC(C)[C@H](NC(=O)c1ccccc1F)C(=O)OCc1ccccc1. The van der Waals surface area contributed by atoms with Gasteiger partial charge in [0.05, 0.1) is 5.56 Å². The van der Waals surface area contributed by atoms with Gasteiger partial charge in [-0.3, -0.25) is 4.79 Å². The number of carbonyl (C=O) groups is 2. The second-order valence-electron chi connectivity index (χ2n) is 5.77. The van der Waals surface area contributed by atoms with E-state index in [1.807, 2.05) is 30.3 Å². The Bertz CT molecular complexity index is 701. The molecule has 2 aromatic rings. The van der Waals surface area contributed by atoms with E-state index in [9.17, 15) is 14.0 Å². The van der Waals surface area contributed by atoms with Gasteiger partial charge in [-0.2, -0.15) is 0 Å². The lowest BCUT2D eigenvalue weighted by Gasteiger charge is -2.21. The highest BCUT2D eigenvalue weighted by molar-refractivity contribution is 5.97. The van der Waals surface area contributed by atoms with Crippen molar-refractivity contribution in [2.24, 2.45) is 5.92 Å². The number of halogens is 1. The molecule has 0 spiro atoms. The quantitative estimate of drug-likeness (QED) is 0.827. The summed E-state index contributed by atoms with van der Waals surface area (Å²) in [5.41, 5.74) is 0.757. The lowest BCUT2D eigenvalue weighted by atomic mass is 10.0. The van der Waals surface area contributed by atoms with Crippen LogP contribution in [0.5, 0.6) is 0 Å². The molecular formula is C19H20FNO3. The third-order valence-corrected chi connectivity index (χ3v) is 3.55. The maximum Gasteiger partial charge on any atom is 0.329 e. The average molecular weight is 329 g/mol. The van der Waals surface area contributed by atoms with Crippen LogP contribution in [0.25, 0.3) is 0 Å². The van der Waals surface area contributed by atoms with Crippen LogP contribution in [0.4, 0.5) is 4.39 Å². The molecule has 4 nitrogen and oxygen atoms in total. The third kappa shape index (κ3) is 4.65. The van der Waals surface area contributed by atoms with Gasteiger partial charge in [0.2, 0.25) is 0 Å². The second kappa shape index (κ2) is 8.24. The van der Waals surface area contributed by atoms with Gasteiger partial charge in [0, 0.05) is 0 Å². The van der Waals surface area contributed by atoms with Crippen LogP contribution in [0.2, 0.25) is 0 Å². The maximum atomic E-state index is 13.7. The van der Waals surface area contributed by atoms with Crippen molar-refractivity contribution in [2.45, 2.75) is 26.5 Å². The monoisotopic (exact) mass is 329 g/mol. The van der Waals surface area contributed by atoms with Gasteiger partial charge >= 0.3 is 5.97 Å². The van der Waals surface area contributed by atoms with Crippen molar-refractivity contribution >= 4 is 11.9 Å². The Labute approximate surface area is 140 Å². The van der Waals surface area contributed by atoms with Crippen LogP contribution in [-0.4, -0.2) is 17.9 Å². The maximum absolute atomic E-state index is 13.7. The zero-order chi connectivity index (χ0) is 17.5. The first-order valence-corrected chi connectivity index (χ1v) is 7.75. The largest absolute Gasteiger partial charge is 0.459 e. The van der Waals surface area contributed by atoms with Gasteiger partial charge in [-0.1, -0.05) is 56.3 Å². The summed E-state index contributed by atoms with van der Waals surface area (Å²) in [6.07, 6.45) is 0. The highest BCUT2D eigenvalue weighted by Gasteiger charge is 2.27. The van der Waals surface area contributed by atoms with Crippen molar-refractivity contribution in [3.8, 4) is 0 Å². The van der Waals surface area contributed by atoms with Crippen LogP contribution < -0.4 is 5.32 Å². The Morgan fingerprint density at radius 1 is 1.04 bits per heavy atom. The molecule has 5 heteroatoms. The van der Waals surface area contributed by atoms with Crippen LogP contribution in [0, 0.1) is 11.7 Å². The molecule has 24 heavy (non-hydrogen) atoms. The van der Waals surface area contributed by atoms with Gasteiger partial charge in [-0.15, -0.1) is 0 Å². The number of benzene rings is 2. The van der Waals surface area contributed by atoms with E-state index in [0.717, 1.165) is 5.56 Å². The number of rotatable bonds is 6. The molecule has 126 valence electrons. The molecular weight excluding hydrogens is 309 g/mol. The number of nitrogens with one attached hydrogen (secondary N) is 1. The smallest absolute Gasteiger partial charge is 0.329 e. The van der Waals surface area contributed by atoms with Crippen LogP contribution in [0.1, 0.15) is 29.8 Å². The van der Waals surface area contributed by atoms with E-state index in [2.05, 4.69) is 5.32 Å². The predicted molar refractivity (Wildman–Crippen MR) is 88.7 cm³/mol. The molecule has 1 atom stereocenters. The molecule has 0 unspecified atom stereocenters. The molecule has 0 aliphatic rings. The van der Waals surface area contributed by atoms with Crippen LogP contribution in [0.3, 0.4) is 0 Å². The van der Waals surface area contributed by atoms with Gasteiger partial charge in [0.15, 0.2) is 0 Å². The third-order valence-electron chi connectivity index (χ3n) is 3.55. The molecule has 0 aliphatic heterocycles. The highest BCUT2D eigenvalue weighted by Crippen LogP contribution is 2.11. The van der Waals surface area contributed by atoms with Crippen molar-refractivity contribution in [1.29, 1.82) is 0 Å². The lowest BCUT2D eigenvalue weighted by molar-refractivity contribution is -0.148.